The van der Waals surface area contributed by atoms with Crippen LogP contribution in [0, 0.1) is 11.3 Å². The van der Waals surface area contributed by atoms with E-state index in [0.717, 1.165) is 45.8 Å². The topological polar surface area (TPSA) is 56.6 Å². The number of nitrogens with zero attached hydrogens (tertiary/aromatic N) is 3. The molecule has 0 saturated carbocycles. The molecule has 0 aliphatic carbocycles. The Bertz CT molecular complexity index is 568. The molecule has 22 heavy (non-hydrogen) atoms. The molecule has 2 aliphatic rings. The Kier molecular flexibility index (Phi) is 4.71. The van der Waals surface area contributed by atoms with E-state index >= 15 is 0 Å². The van der Waals surface area contributed by atoms with Crippen LogP contribution in [0.15, 0.2) is 24.3 Å². The smallest absolute Gasteiger partial charge is 0.253 e. The summed E-state index contributed by atoms with van der Waals surface area (Å²) >= 11 is 0. The number of benzene rings is 1. The van der Waals surface area contributed by atoms with Gasteiger partial charge in [-0.1, -0.05) is 6.07 Å². The van der Waals surface area contributed by atoms with Crippen molar-refractivity contribution in [3.05, 3.63) is 35.4 Å². The quantitative estimate of drug-likeness (QED) is 0.848. The third kappa shape index (κ3) is 3.46. The Hall–Kier alpha value is -1.90. The van der Waals surface area contributed by atoms with Crippen LogP contribution in [0.5, 0.6) is 0 Å². The lowest BCUT2D eigenvalue weighted by molar-refractivity contribution is 0.0432. The first-order chi connectivity index (χ1) is 10.8. The fourth-order valence-corrected chi connectivity index (χ4v) is 3.11. The highest BCUT2D eigenvalue weighted by Gasteiger charge is 2.25. The van der Waals surface area contributed by atoms with Gasteiger partial charge in [-0.2, -0.15) is 5.26 Å². The van der Waals surface area contributed by atoms with Gasteiger partial charge in [0.2, 0.25) is 0 Å². The Morgan fingerprint density at radius 2 is 2.14 bits per heavy atom. The molecule has 1 amide bonds. The summed E-state index contributed by atoms with van der Waals surface area (Å²) in [4.78, 5) is 16.8. The molecule has 2 fully saturated rings. The largest absolute Gasteiger partial charge is 0.377 e. The highest BCUT2D eigenvalue weighted by atomic mass is 16.5. The lowest BCUT2D eigenvalue weighted by Crippen LogP contribution is -2.50. The molecule has 116 valence electrons. The van der Waals surface area contributed by atoms with Crippen LogP contribution in [0.3, 0.4) is 0 Å². The molecule has 3 rings (SSSR count). The van der Waals surface area contributed by atoms with Crippen LogP contribution in [0.25, 0.3) is 0 Å². The summed E-state index contributed by atoms with van der Waals surface area (Å²) < 4.78 is 5.67. The van der Waals surface area contributed by atoms with Gasteiger partial charge in [0.1, 0.15) is 0 Å². The number of rotatable bonds is 3. The molecule has 2 aliphatic heterocycles. The number of nitriles is 1. The van der Waals surface area contributed by atoms with Gasteiger partial charge in [-0.25, -0.2) is 0 Å². The molecule has 0 bridgehead atoms. The van der Waals surface area contributed by atoms with Crippen molar-refractivity contribution in [2.45, 2.75) is 18.9 Å². The highest BCUT2D eigenvalue weighted by molar-refractivity contribution is 5.94. The Labute approximate surface area is 131 Å². The van der Waals surface area contributed by atoms with Crippen molar-refractivity contribution in [1.82, 2.24) is 9.80 Å². The molecule has 1 atom stereocenters. The molecule has 0 spiro atoms. The van der Waals surface area contributed by atoms with Crippen molar-refractivity contribution in [1.29, 1.82) is 5.26 Å². The zero-order valence-electron chi connectivity index (χ0n) is 12.7. The molecule has 1 aromatic carbocycles. The van der Waals surface area contributed by atoms with Crippen molar-refractivity contribution in [2.24, 2.45) is 0 Å². The minimum absolute atomic E-state index is 0.0221. The predicted molar refractivity (Wildman–Crippen MR) is 82.5 cm³/mol. The average molecular weight is 299 g/mol. The molecular weight excluding hydrogens is 278 g/mol. The average Bonchev–Trinajstić information content (AvgIpc) is 3.08. The number of hydrogen-bond donors (Lipinski definition) is 0. The van der Waals surface area contributed by atoms with E-state index in [9.17, 15) is 4.79 Å². The zero-order valence-corrected chi connectivity index (χ0v) is 12.7. The number of carbonyl (C=O) groups excluding carboxylic acids is 1. The molecule has 0 aromatic heterocycles. The number of hydrogen-bond acceptors (Lipinski definition) is 4. The highest BCUT2D eigenvalue weighted by Crippen LogP contribution is 2.15. The minimum Gasteiger partial charge on any atom is -0.377 e. The molecule has 0 N–H and O–H groups in total. The summed E-state index contributed by atoms with van der Waals surface area (Å²) in [5, 5.41) is 8.93. The Balaban J connectivity index is 1.54. The molecule has 0 unspecified atom stereocenters. The first kappa shape index (κ1) is 15.0. The van der Waals surface area contributed by atoms with Crippen LogP contribution < -0.4 is 0 Å². The van der Waals surface area contributed by atoms with E-state index in [0.29, 0.717) is 17.2 Å². The molecule has 2 heterocycles. The molecule has 0 radical (unpaired) electrons. The molecule has 1 aromatic rings. The molecule has 5 nitrogen and oxygen atoms in total. The van der Waals surface area contributed by atoms with E-state index in [1.165, 1.54) is 6.42 Å². The van der Waals surface area contributed by atoms with Crippen LogP contribution in [0.2, 0.25) is 0 Å². The second-order valence-electron chi connectivity index (χ2n) is 5.92. The van der Waals surface area contributed by atoms with Crippen molar-refractivity contribution in [3.8, 4) is 6.07 Å². The van der Waals surface area contributed by atoms with Crippen molar-refractivity contribution in [3.63, 3.8) is 0 Å². The first-order valence-electron chi connectivity index (χ1n) is 7.89. The lowest BCUT2D eigenvalue weighted by atomic mass is 10.1. The second kappa shape index (κ2) is 6.91. The van der Waals surface area contributed by atoms with Crippen LogP contribution in [0.1, 0.15) is 28.8 Å². The van der Waals surface area contributed by atoms with Crippen LogP contribution in [-0.4, -0.2) is 61.1 Å². The van der Waals surface area contributed by atoms with Gasteiger partial charge >= 0.3 is 0 Å². The van der Waals surface area contributed by atoms with Crippen LogP contribution >= 0.6 is 0 Å². The van der Waals surface area contributed by atoms with Gasteiger partial charge in [0.25, 0.3) is 5.91 Å². The van der Waals surface area contributed by atoms with Gasteiger partial charge in [-0.05, 0) is 31.0 Å². The fraction of sp³-hybridized carbons (Fsp3) is 0.529. The van der Waals surface area contributed by atoms with E-state index in [4.69, 9.17) is 10.00 Å². The zero-order chi connectivity index (χ0) is 15.4. The van der Waals surface area contributed by atoms with E-state index in [1.807, 2.05) is 4.90 Å². The van der Waals surface area contributed by atoms with Crippen molar-refractivity contribution < 1.29 is 9.53 Å². The maximum atomic E-state index is 12.5. The lowest BCUT2D eigenvalue weighted by Gasteiger charge is -2.35. The maximum absolute atomic E-state index is 12.5. The Morgan fingerprint density at radius 1 is 1.32 bits per heavy atom. The third-order valence-electron chi connectivity index (χ3n) is 4.38. The standard InChI is InChI=1S/C17H21N3O2/c18-12-14-3-1-4-15(11-14)17(21)20-8-6-19(7-9-20)13-16-5-2-10-22-16/h1,3-4,11,16H,2,5-10,13H2/t16-/m1/s1. The van der Waals surface area contributed by atoms with Crippen molar-refractivity contribution in [2.75, 3.05) is 39.3 Å². The molecular formula is C17H21N3O2. The third-order valence-corrected chi connectivity index (χ3v) is 4.38. The fourth-order valence-electron chi connectivity index (χ4n) is 3.11. The number of ether oxygens (including phenoxy) is 1. The molecule has 2 saturated heterocycles. The van der Waals surface area contributed by atoms with Gasteiger partial charge in [0, 0.05) is 44.9 Å². The van der Waals surface area contributed by atoms with Gasteiger partial charge in [0.05, 0.1) is 17.7 Å². The SMILES string of the molecule is N#Cc1cccc(C(=O)N2CCN(C[C@H]3CCCO3)CC2)c1. The second-order valence-corrected chi connectivity index (χ2v) is 5.92. The first-order valence-corrected chi connectivity index (χ1v) is 7.89. The number of amides is 1. The summed E-state index contributed by atoms with van der Waals surface area (Å²) in [6.07, 6.45) is 2.69. The summed E-state index contributed by atoms with van der Waals surface area (Å²) in [7, 11) is 0. The summed E-state index contributed by atoms with van der Waals surface area (Å²) in [6, 6.07) is 9.01. The van der Waals surface area contributed by atoms with E-state index in [-0.39, 0.29) is 5.91 Å². The van der Waals surface area contributed by atoms with Crippen molar-refractivity contribution >= 4 is 5.91 Å². The van der Waals surface area contributed by atoms with Gasteiger partial charge in [0.15, 0.2) is 0 Å². The van der Waals surface area contributed by atoms with Crippen LogP contribution in [-0.2, 0) is 4.74 Å². The van der Waals surface area contributed by atoms with E-state index in [2.05, 4.69) is 11.0 Å². The normalized spacial score (nSPS) is 22.5. The maximum Gasteiger partial charge on any atom is 0.253 e. The Morgan fingerprint density at radius 3 is 2.82 bits per heavy atom. The number of carbonyl (C=O) groups is 1. The number of piperazine rings is 1. The van der Waals surface area contributed by atoms with E-state index < -0.39 is 0 Å². The van der Waals surface area contributed by atoms with E-state index in [1.54, 1.807) is 24.3 Å². The summed E-state index contributed by atoms with van der Waals surface area (Å²) in [5.74, 6) is 0.0221. The van der Waals surface area contributed by atoms with Gasteiger partial charge < -0.3 is 9.64 Å². The van der Waals surface area contributed by atoms with Gasteiger partial charge in [-0.3, -0.25) is 9.69 Å². The molecule has 5 heteroatoms. The van der Waals surface area contributed by atoms with Crippen LogP contribution in [0.4, 0.5) is 0 Å². The summed E-state index contributed by atoms with van der Waals surface area (Å²) in [6.45, 7) is 5.13. The summed E-state index contributed by atoms with van der Waals surface area (Å²) in [5.41, 5.74) is 1.13. The van der Waals surface area contributed by atoms with Gasteiger partial charge in [-0.15, -0.1) is 0 Å². The minimum atomic E-state index is 0.0221. The predicted octanol–water partition coefficient (Wildman–Crippen LogP) is 1.50. The monoisotopic (exact) mass is 299 g/mol.